The maximum Gasteiger partial charge on any atom is 0.240 e. The number of amides is 1. The highest BCUT2D eigenvalue weighted by Crippen LogP contribution is 2.30. The van der Waals surface area contributed by atoms with Crippen molar-refractivity contribution in [3.63, 3.8) is 0 Å². The molecule has 2 aromatic heterocycles. The van der Waals surface area contributed by atoms with Crippen molar-refractivity contribution in [2.75, 3.05) is 30.5 Å². The van der Waals surface area contributed by atoms with E-state index in [1.165, 1.54) is 0 Å². The number of hydrogen-bond acceptors (Lipinski definition) is 7. The molecule has 0 aliphatic heterocycles. The van der Waals surface area contributed by atoms with Gasteiger partial charge in [-0.05, 0) is 19.9 Å². The van der Waals surface area contributed by atoms with Gasteiger partial charge in [-0.2, -0.15) is 4.98 Å². The van der Waals surface area contributed by atoms with Crippen LogP contribution in [0.25, 0.3) is 10.2 Å². The molecule has 1 amide bonds. The highest BCUT2D eigenvalue weighted by atomic mass is 32.1. The summed E-state index contributed by atoms with van der Waals surface area (Å²) in [4.78, 5) is 24.1. The molecular weight excluding hydrogens is 276 g/mol. The van der Waals surface area contributed by atoms with Gasteiger partial charge in [-0.3, -0.25) is 10.2 Å². The van der Waals surface area contributed by atoms with E-state index in [1.54, 1.807) is 16.2 Å². The Balaban J connectivity index is 2.38. The van der Waals surface area contributed by atoms with Gasteiger partial charge in [-0.1, -0.05) is 0 Å². The Morgan fingerprint density at radius 1 is 1.50 bits per heavy atom. The van der Waals surface area contributed by atoms with Crippen molar-refractivity contribution in [3.05, 3.63) is 10.9 Å². The first kappa shape index (κ1) is 14.5. The Morgan fingerprint density at radius 2 is 2.25 bits per heavy atom. The molecule has 4 N–H and O–H groups in total. The Bertz CT molecular complexity index is 626. The van der Waals surface area contributed by atoms with Crippen molar-refractivity contribution in [3.8, 4) is 0 Å². The molecule has 0 saturated heterocycles. The van der Waals surface area contributed by atoms with Gasteiger partial charge in [0.25, 0.3) is 0 Å². The minimum atomic E-state index is -0.0454. The molecule has 0 radical (unpaired) electrons. The molecule has 0 aliphatic rings. The number of fused-ring (bicyclic) bond motifs is 1. The molecule has 0 aliphatic carbocycles. The zero-order valence-corrected chi connectivity index (χ0v) is 12.5. The number of hydrogen-bond donors (Lipinski definition) is 3. The van der Waals surface area contributed by atoms with Crippen molar-refractivity contribution >= 4 is 39.2 Å². The molecule has 0 spiro atoms. The topological polar surface area (TPSA) is 96.2 Å². The van der Waals surface area contributed by atoms with E-state index in [1.807, 2.05) is 27.0 Å². The highest BCUT2D eigenvalue weighted by molar-refractivity contribution is 7.18. The van der Waals surface area contributed by atoms with E-state index < -0.39 is 0 Å². The van der Waals surface area contributed by atoms with Crippen molar-refractivity contribution < 1.29 is 4.79 Å². The molecule has 2 rings (SSSR count). The summed E-state index contributed by atoms with van der Waals surface area (Å²) in [5.74, 6) is 6.39. The highest BCUT2D eigenvalue weighted by Gasteiger charge is 2.15. The van der Waals surface area contributed by atoms with Gasteiger partial charge >= 0.3 is 0 Å². The Hall–Kier alpha value is -1.93. The quantitative estimate of drug-likeness (QED) is 0.559. The number of aromatic nitrogens is 2. The largest absolute Gasteiger partial charge is 0.355 e. The van der Waals surface area contributed by atoms with E-state index in [2.05, 4.69) is 20.7 Å². The number of carbonyl (C=O) groups is 1. The number of likely N-dealkylation sites (N-methyl/N-ethyl adjacent to an activating group) is 2. The standard InChI is InChI=1S/C12H18N6OS/c1-4-14-9(19)6-18(3)10-8-5-7(2)20-11(8)16-12(15-10)17-13/h5H,4,6,13H2,1-3H3,(H,14,19)(H,15,16,17). The summed E-state index contributed by atoms with van der Waals surface area (Å²) in [6.45, 7) is 4.74. The number of nitrogens with two attached hydrogens (primary N) is 1. The van der Waals surface area contributed by atoms with Crippen LogP contribution in [0.4, 0.5) is 11.8 Å². The number of thiophene rings is 1. The average Bonchev–Trinajstić information content (AvgIpc) is 2.77. The molecule has 0 atom stereocenters. The molecule has 108 valence electrons. The second-order valence-electron chi connectivity index (χ2n) is 4.40. The van der Waals surface area contributed by atoms with Crippen molar-refractivity contribution in [2.24, 2.45) is 5.84 Å². The Morgan fingerprint density at radius 3 is 2.90 bits per heavy atom. The molecule has 0 unspecified atom stereocenters. The van der Waals surface area contributed by atoms with E-state index in [4.69, 9.17) is 5.84 Å². The third-order valence-corrected chi connectivity index (χ3v) is 3.69. The number of rotatable bonds is 5. The van der Waals surface area contributed by atoms with Gasteiger partial charge in [0.15, 0.2) is 0 Å². The van der Waals surface area contributed by atoms with E-state index in [0.717, 1.165) is 15.1 Å². The summed E-state index contributed by atoms with van der Waals surface area (Å²) in [6, 6.07) is 2.02. The lowest BCUT2D eigenvalue weighted by molar-refractivity contribution is -0.119. The maximum atomic E-state index is 11.7. The summed E-state index contributed by atoms with van der Waals surface area (Å²) in [5.41, 5.74) is 2.46. The predicted octanol–water partition coefficient (Wildman–Crippen LogP) is 0.858. The SMILES string of the molecule is CCNC(=O)CN(C)c1nc(NN)nc2sc(C)cc12. The lowest BCUT2D eigenvalue weighted by atomic mass is 10.3. The number of hydrazine groups is 1. The Kier molecular flexibility index (Phi) is 4.35. The maximum absolute atomic E-state index is 11.7. The van der Waals surface area contributed by atoms with Crippen LogP contribution in [0.15, 0.2) is 6.07 Å². The molecule has 0 fully saturated rings. The zero-order chi connectivity index (χ0) is 14.7. The molecular formula is C12H18N6OS. The summed E-state index contributed by atoms with van der Waals surface area (Å²) >= 11 is 1.57. The second-order valence-corrected chi connectivity index (χ2v) is 5.64. The number of nitrogens with one attached hydrogen (secondary N) is 2. The van der Waals surface area contributed by atoms with Crippen molar-refractivity contribution in [2.45, 2.75) is 13.8 Å². The first-order valence-corrected chi connectivity index (χ1v) is 7.09. The number of aryl methyl sites for hydroxylation is 1. The van der Waals surface area contributed by atoms with Gasteiger partial charge in [-0.15, -0.1) is 11.3 Å². The van der Waals surface area contributed by atoms with Crippen molar-refractivity contribution in [1.82, 2.24) is 15.3 Å². The smallest absolute Gasteiger partial charge is 0.240 e. The summed E-state index contributed by atoms with van der Waals surface area (Å²) in [6.07, 6.45) is 0. The molecule has 20 heavy (non-hydrogen) atoms. The lowest BCUT2D eigenvalue weighted by Gasteiger charge is -2.18. The minimum absolute atomic E-state index is 0.0454. The monoisotopic (exact) mass is 294 g/mol. The number of nitrogens with zero attached hydrogens (tertiary/aromatic N) is 3. The fourth-order valence-corrected chi connectivity index (χ4v) is 2.80. The molecule has 0 bridgehead atoms. The average molecular weight is 294 g/mol. The van der Waals surface area contributed by atoms with Gasteiger partial charge in [0.2, 0.25) is 11.9 Å². The van der Waals surface area contributed by atoms with Crippen LogP contribution in [0.2, 0.25) is 0 Å². The Labute approximate surface area is 121 Å². The van der Waals surface area contributed by atoms with Crippen molar-refractivity contribution in [1.29, 1.82) is 0 Å². The second kappa shape index (κ2) is 6.02. The van der Waals surface area contributed by atoms with E-state index in [0.29, 0.717) is 18.3 Å². The molecule has 2 aromatic rings. The first-order chi connectivity index (χ1) is 9.55. The first-order valence-electron chi connectivity index (χ1n) is 6.27. The van der Waals surface area contributed by atoms with E-state index in [-0.39, 0.29) is 12.5 Å². The number of nitrogen functional groups attached to an aromatic ring is 1. The summed E-state index contributed by atoms with van der Waals surface area (Å²) < 4.78 is 0. The molecule has 8 heteroatoms. The predicted molar refractivity (Wildman–Crippen MR) is 81.9 cm³/mol. The molecule has 0 aromatic carbocycles. The van der Waals surface area contributed by atoms with Gasteiger partial charge in [0, 0.05) is 18.5 Å². The van der Waals surface area contributed by atoms with Gasteiger partial charge in [0.1, 0.15) is 10.6 Å². The molecule has 0 saturated carbocycles. The number of anilines is 2. The molecule has 2 heterocycles. The zero-order valence-electron chi connectivity index (χ0n) is 11.7. The van der Waals surface area contributed by atoms with Crippen LogP contribution >= 0.6 is 11.3 Å². The van der Waals surface area contributed by atoms with E-state index >= 15 is 0 Å². The normalized spacial score (nSPS) is 10.6. The van der Waals surface area contributed by atoms with Crippen LogP contribution in [-0.4, -0.2) is 36.0 Å². The van der Waals surface area contributed by atoms with Gasteiger partial charge in [0.05, 0.1) is 11.9 Å². The fourth-order valence-electron chi connectivity index (χ4n) is 1.93. The summed E-state index contributed by atoms with van der Waals surface area (Å²) in [7, 11) is 1.82. The van der Waals surface area contributed by atoms with Gasteiger partial charge in [-0.25, -0.2) is 10.8 Å². The van der Waals surface area contributed by atoms with Crippen LogP contribution in [-0.2, 0) is 4.79 Å². The lowest BCUT2D eigenvalue weighted by Crippen LogP contribution is -2.35. The summed E-state index contributed by atoms with van der Waals surface area (Å²) in [5, 5.41) is 3.70. The van der Waals surface area contributed by atoms with Crippen LogP contribution in [0.3, 0.4) is 0 Å². The number of carbonyl (C=O) groups excluding carboxylic acids is 1. The third kappa shape index (κ3) is 2.97. The minimum Gasteiger partial charge on any atom is -0.355 e. The van der Waals surface area contributed by atoms with Crippen LogP contribution in [0, 0.1) is 6.92 Å². The fraction of sp³-hybridized carbons (Fsp3) is 0.417. The van der Waals surface area contributed by atoms with Crippen LogP contribution in [0.1, 0.15) is 11.8 Å². The van der Waals surface area contributed by atoms with Crippen LogP contribution < -0.4 is 21.5 Å². The third-order valence-electron chi connectivity index (χ3n) is 2.74. The van der Waals surface area contributed by atoms with Crippen LogP contribution in [0.5, 0.6) is 0 Å². The van der Waals surface area contributed by atoms with Gasteiger partial charge < -0.3 is 10.2 Å². The molecule has 7 nitrogen and oxygen atoms in total. The van der Waals surface area contributed by atoms with E-state index in [9.17, 15) is 4.79 Å².